The van der Waals surface area contributed by atoms with Crippen molar-refractivity contribution >= 4 is 162 Å². The fourth-order valence-electron chi connectivity index (χ4n) is 12.0. The lowest BCUT2D eigenvalue weighted by atomic mass is 10.2. The molecule has 15 aromatic rings. The number of para-hydroxylation sites is 5. The number of methoxy groups -OCH3 is 7. The van der Waals surface area contributed by atoms with Gasteiger partial charge in [0.05, 0.1) is 103 Å². The van der Waals surface area contributed by atoms with Gasteiger partial charge >= 0.3 is 28.1 Å². The summed E-state index contributed by atoms with van der Waals surface area (Å²) < 4.78 is 201. The maximum Gasteiger partial charge on any atom is 0.355 e. The molecular formula is C86H67Cl5O29S5. The number of sulfone groups is 5. The maximum atomic E-state index is 13.1. The molecule has 0 N–H and O–H groups in total. The van der Waals surface area contributed by atoms with Crippen LogP contribution in [0, 0.1) is 0 Å². The highest BCUT2D eigenvalue weighted by Gasteiger charge is 2.32. The van der Waals surface area contributed by atoms with Gasteiger partial charge in [0.15, 0.2) is 92.6 Å². The predicted molar refractivity (Wildman–Crippen MR) is 465 cm³/mol. The first-order valence-electron chi connectivity index (χ1n) is 36.0. The van der Waals surface area contributed by atoms with Gasteiger partial charge in [0.2, 0.25) is 49.2 Å². The van der Waals surface area contributed by atoms with E-state index in [1.54, 1.807) is 111 Å². The van der Waals surface area contributed by atoms with E-state index in [2.05, 4.69) is 0 Å². The van der Waals surface area contributed by atoms with Gasteiger partial charge in [0, 0.05) is 44.1 Å². The molecule has 0 aliphatic carbocycles. The molecule has 0 fully saturated rings. The van der Waals surface area contributed by atoms with Crippen LogP contribution in [-0.2, 0) is 49.2 Å². The molecule has 0 radical (unpaired) electrons. The molecule has 0 saturated heterocycles. The summed E-state index contributed by atoms with van der Waals surface area (Å²) in [7, 11) is -10.7. The molecule has 650 valence electrons. The Morgan fingerprint density at radius 3 is 0.840 bits per heavy atom. The van der Waals surface area contributed by atoms with Gasteiger partial charge in [-0.1, -0.05) is 119 Å². The Kier molecular flexibility index (Phi) is 29.3. The van der Waals surface area contributed by atoms with Crippen molar-refractivity contribution < 1.29 is 107 Å². The van der Waals surface area contributed by atoms with Crippen molar-refractivity contribution in [3.05, 3.63) is 296 Å². The monoisotopic (exact) mass is 1900 g/mol. The summed E-state index contributed by atoms with van der Waals surface area (Å²) in [6, 6.07) is 52.7. The van der Waals surface area contributed by atoms with E-state index in [0.717, 1.165) is 0 Å². The van der Waals surface area contributed by atoms with E-state index in [1.807, 2.05) is 0 Å². The lowest BCUT2D eigenvalue weighted by Crippen LogP contribution is -2.15. The van der Waals surface area contributed by atoms with Crippen LogP contribution < -0.4 is 70.8 Å². The Morgan fingerprint density at radius 1 is 0.248 bits per heavy atom. The van der Waals surface area contributed by atoms with Gasteiger partial charge in [0.1, 0.15) is 16.4 Å². The number of rotatable bonds is 21. The number of benzene rings is 10. The minimum Gasteiger partial charge on any atom is -0.497 e. The second-order valence-electron chi connectivity index (χ2n) is 25.5. The zero-order valence-electron chi connectivity index (χ0n) is 66.5. The van der Waals surface area contributed by atoms with Gasteiger partial charge in [0.25, 0.3) is 0 Å². The zero-order chi connectivity index (χ0) is 90.8. The van der Waals surface area contributed by atoms with Crippen molar-refractivity contribution in [2.45, 2.75) is 62.8 Å². The van der Waals surface area contributed by atoms with E-state index in [0.29, 0.717) is 85.4 Å². The van der Waals surface area contributed by atoms with Gasteiger partial charge in [-0.25, -0.2) is 66.1 Å². The molecule has 0 spiro atoms. The first kappa shape index (κ1) is 93.3. The Balaban J connectivity index is 0.000000152. The molecule has 0 aliphatic rings. The lowest BCUT2D eigenvalue weighted by Gasteiger charge is -2.11. The Labute approximate surface area is 736 Å². The third-order valence-electron chi connectivity index (χ3n) is 18.0. The van der Waals surface area contributed by atoms with Crippen molar-refractivity contribution in [1.29, 1.82) is 0 Å². The third kappa shape index (κ3) is 19.9. The standard InChI is InChI=1S/2C18H16O7S.C17H12Cl2O5S.C17H13ClO5S.C16H10Cl2O5S/c1-22-13-8-7-12(10-15(13)24-3)26(20,21)16-9-11-5-4-6-14(23-2)17(11)25-18(16)19;1-22-12-7-8-13(23-2)15(10-12)26(20,21)16-9-11-5-4-6-14(24-3)17(11)25-18(16)19;1-2-23-14-5-3-4-10-8-15(17(20)24-16(10)14)25(21,22)11-6-7-12(18)13(19)9-11;1-2-22-14-5-3-4-11-10-15(17(19)23-16(11)14)24(20,21)13-8-6-12(18)7-9-13;1-22-13-4-2-3-9-7-14(16(19)23-15(9)13)24(20,21)10-5-6-11(17)12(18)8-10/h2*4-10H,1-3H3;3-9H,2H2,1H3;3-10H,2H2,1H3;2-8H,1H3. The summed E-state index contributed by atoms with van der Waals surface area (Å²) >= 11 is 29.1. The first-order valence-corrected chi connectivity index (χ1v) is 45.3. The summed E-state index contributed by atoms with van der Waals surface area (Å²) in [4.78, 5) is 58.5. The van der Waals surface area contributed by atoms with E-state index in [1.165, 1.54) is 171 Å². The van der Waals surface area contributed by atoms with E-state index in [-0.39, 0.29) is 84.0 Å². The van der Waals surface area contributed by atoms with E-state index < -0.39 is 102 Å². The average Bonchev–Trinajstić information content (AvgIpc) is 0.772. The highest BCUT2D eigenvalue weighted by molar-refractivity contribution is 7.92. The number of ether oxygens (including phenoxy) is 9. The maximum absolute atomic E-state index is 13.1. The van der Waals surface area contributed by atoms with Crippen molar-refractivity contribution in [1.82, 2.24) is 0 Å². The van der Waals surface area contributed by atoms with Crippen LogP contribution in [0.4, 0.5) is 0 Å². The van der Waals surface area contributed by atoms with E-state index >= 15 is 0 Å². The molecule has 0 unspecified atom stereocenters. The summed E-state index contributed by atoms with van der Waals surface area (Å²) in [5.41, 5.74) is -3.92. The molecule has 0 aliphatic heterocycles. The minimum absolute atomic E-state index is 0.0282. The summed E-state index contributed by atoms with van der Waals surface area (Å²) in [6.07, 6.45) is 0. The molecule has 39 heteroatoms. The number of hydrogen-bond donors (Lipinski definition) is 0. The molecule has 0 amide bonds. The normalized spacial score (nSPS) is 11.5. The van der Waals surface area contributed by atoms with E-state index in [4.69, 9.17) is 123 Å². The number of fused-ring (bicyclic) bond motifs is 5. The molecule has 15 rings (SSSR count). The smallest absolute Gasteiger partial charge is 0.355 e. The molecule has 0 bridgehead atoms. The molecule has 5 aromatic heterocycles. The molecule has 0 saturated carbocycles. The van der Waals surface area contributed by atoms with Crippen LogP contribution in [0.2, 0.25) is 25.1 Å². The van der Waals surface area contributed by atoms with Crippen LogP contribution in [0.1, 0.15) is 13.8 Å². The topological polar surface area (TPSA) is 405 Å². The Hall–Kier alpha value is -12.4. The molecule has 5 heterocycles. The quantitative estimate of drug-likeness (QED) is 0.0603. The van der Waals surface area contributed by atoms with E-state index in [9.17, 15) is 66.1 Å². The second-order valence-corrected chi connectivity index (χ2v) is 37.1. The molecule has 0 atom stereocenters. The summed E-state index contributed by atoms with van der Waals surface area (Å²) in [6.45, 7) is 4.37. The highest BCUT2D eigenvalue weighted by atomic mass is 35.5. The Morgan fingerprint density at radius 2 is 0.528 bits per heavy atom. The molecular weight excluding hydrogens is 1830 g/mol. The molecule has 29 nitrogen and oxygen atoms in total. The Bertz CT molecular complexity index is 7630. The largest absolute Gasteiger partial charge is 0.497 e. The van der Waals surface area contributed by atoms with Gasteiger partial charge in [-0.3, -0.25) is 0 Å². The summed E-state index contributed by atoms with van der Waals surface area (Å²) in [5, 5.41) is 3.16. The van der Waals surface area contributed by atoms with Crippen LogP contribution in [0.5, 0.6) is 51.7 Å². The van der Waals surface area contributed by atoms with Crippen LogP contribution in [-0.4, -0.2) is 105 Å². The predicted octanol–water partition coefficient (Wildman–Crippen LogP) is 17.3. The first-order chi connectivity index (χ1) is 59.4. The lowest BCUT2D eigenvalue weighted by molar-refractivity contribution is 0.336. The highest BCUT2D eigenvalue weighted by Crippen LogP contribution is 2.39. The van der Waals surface area contributed by atoms with Gasteiger partial charge in [-0.2, -0.15) is 0 Å². The van der Waals surface area contributed by atoms with Crippen LogP contribution >= 0.6 is 58.0 Å². The second kappa shape index (κ2) is 39.2. The fourth-order valence-corrected chi connectivity index (χ4v) is 19.5. The van der Waals surface area contributed by atoms with Gasteiger partial charge in [-0.15, -0.1) is 0 Å². The molecule has 125 heavy (non-hydrogen) atoms. The minimum atomic E-state index is -4.21. The SMILES string of the molecule is CCOc1cccc2cc(S(=O)(=O)c3ccc(Cl)c(Cl)c3)c(=O)oc12.CCOc1cccc2cc(S(=O)(=O)c3ccc(Cl)cc3)c(=O)oc12.COc1ccc(OC)c(S(=O)(=O)c2cc3cccc(OC)c3oc2=O)c1.COc1ccc(S(=O)(=O)c2cc3cccc(OC)c3oc2=O)cc1OC.COc1cccc2cc(S(=O)(=O)c3ccc(Cl)c(Cl)c3)c(=O)oc12. The van der Waals surface area contributed by atoms with Crippen molar-refractivity contribution in [3.8, 4) is 51.7 Å². The zero-order valence-corrected chi connectivity index (χ0v) is 74.3. The van der Waals surface area contributed by atoms with Crippen molar-refractivity contribution in [2.24, 2.45) is 0 Å². The van der Waals surface area contributed by atoms with Crippen LogP contribution in [0.15, 0.2) is 313 Å². The summed E-state index contributed by atoms with van der Waals surface area (Å²) in [5.74, 6) is 2.80. The molecule has 10 aromatic carbocycles. The number of halogens is 5. The third-order valence-corrected chi connectivity index (χ3v) is 28.5. The average molecular weight is 1900 g/mol. The van der Waals surface area contributed by atoms with Gasteiger partial charge in [-0.05, 0) is 159 Å². The van der Waals surface area contributed by atoms with Crippen LogP contribution in [0.3, 0.4) is 0 Å². The van der Waals surface area contributed by atoms with Crippen molar-refractivity contribution in [2.75, 3.05) is 63.0 Å². The van der Waals surface area contributed by atoms with Crippen LogP contribution in [0.25, 0.3) is 54.8 Å². The fraction of sp³-hybridized carbons (Fsp3) is 0.128. The number of hydrogen-bond acceptors (Lipinski definition) is 29. The van der Waals surface area contributed by atoms with Gasteiger partial charge < -0.3 is 64.7 Å². The van der Waals surface area contributed by atoms with Crippen molar-refractivity contribution in [3.63, 3.8) is 0 Å².